The van der Waals surface area contributed by atoms with Gasteiger partial charge >= 0.3 is 0 Å². The summed E-state index contributed by atoms with van der Waals surface area (Å²) in [6.45, 7) is 10.00. The van der Waals surface area contributed by atoms with Crippen molar-refractivity contribution in [2.24, 2.45) is 5.73 Å². The molecule has 1 aliphatic rings. The lowest BCUT2D eigenvalue weighted by Crippen LogP contribution is -2.51. The Morgan fingerprint density at radius 3 is 2.62 bits per heavy atom. The lowest BCUT2D eigenvalue weighted by molar-refractivity contribution is -0.0626. The molecule has 4 nitrogen and oxygen atoms in total. The van der Waals surface area contributed by atoms with Crippen LogP contribution >= 0.6 is 0 Å². The van der Waals surface area contributed by atoms with E-state index in [0.717, 1.165) is 11.1 Å². The van der Waals surface area contributed by atoms with E-state index >= 15 is 0 Å². The van der Waals surface area contributed by atoms with Crippen LogP contribution in [-0.4, -0.2) is 42.6 Å². The van der Waals surface area contributed by atoms with Gasteiger partial charge < -0.3 is 15.4 Å². The van der Waals surface area contributed by atoms with Crippen molar-refractivity contribution in [3.63, 3.8) is 0 Å². The second-order valence-corrected chi connectivity index (χ2v) is 6.81. The van der Waals surface area contributed by atoms with Gasteiger partial charge in [-0.25, -0.2) is 0 Å². The summed E-state index contributed by atoms with van der Waals surface area (Å²) in [5.74, 6) is 0.0779. The Bertz CT molecular complexity index is 508. The number of amides is 1. The highest BCUT2D eigenvalue weighted by atomic mass is 16.5. The minimum absolute atomic E-state index is 0.0260. The van der Waals surface area contributed by atoms with Crippen LogP contribution in [0.25, 0.3) is 0 Å². The predicted octanol–water partition coefficient (Wildman–Crippen LogP) is 2.17. The van der Waals surface area contributed by atoms with Crippen LogP contribution in [0, 0.1) is 0 Å². The van der Waals surface area contributed by atoms with E-state index in [2.05, 4.69) is 20.8 Å². The standard InChI is InChI=1S/C17H26N2O2/c1-12-10-19(11-13(9-18)21-12)16(20)14-7-5-6-8-15(14)17(2,3)4/h5-8,12-13H,9-11,18H2,1-4H3. The molecule has 116 valence electrons. The third kappa shape index (κ3) is 3.63. The molecule has 1 aromatic carbocycles. The SMILES string of the molecule is CC1CN(C(=O)c2ccccc2C(C)(C)C)CC(CN)O1. The van der Waals surface area contributed by atoms with E-state index in [1.807, 2.05) is 36.1 Å². The molecule has 1 amide bonds. The molecule has 0 saturated carbocycles. The molecule has 4 heteroatoms. The van der Waals surface area contributed by atoms with Gasteiger partial charge in [0, 0.05) is 25.2 Å². The normalized spacial score (nSPS) is 23.2. The molecule has 2 atom stereocenters. The van der Waals surface area contributed by atoms with E-state index in [9.17, 15) is 4.79 Å². The first-order valence-corrected chi connectivity index (χ1v) is 7.57. The second kappa shape index (κ2) is 6.16. The number of hydrogen-bond acceptors (Lipinski definition) is 3. The van der Waals surface area contributed by atoms with Crippen molar-refractivity contribution in [2.75, 3.05) is 19.6 Å². The van der Waals surface area contributed by atoms with Crippen molar-refractivity contribution < 1.29 is 9.53 Å². The van der Waals surface area contributed by atoms with E-state index in [1.54, 1.807) is 0 Å². The molecule has 1 aliphatic heterocycles. The van der Waals surface area contributed by atoms with Gasteiger partial charge in [-0.1, -0.05) is 39.0 Å². The molecular weight excluding hydrogens is 264 g/mol. The zero-order valence-electron chi connectivity index (χ0n) is 13.4. The van der Waals surface area contributed by atoms with Gasteiger partial charge in [0.25, 0.3) is 5.91 Å². The van der Waals surface area contributed by atoms with Crippen LogP contribution in [0.5, 0.6) is 0 Å². The molecule has 1 heterocycles. The van der Waals surface area contributed by atoms with Crippen molar-refractivity contribution in [3.8, 4) is 0 Å². The average molecular weight is 290 g/mol. The van der Waals surface area contributed by atoms with E-state index in [4.69, 9.17) is 10.5 Å². The first-order valence-electron chi connectivity index (χ1n) is 7.57. The number of nitrogens with two attached hydrogens (primary N) is 1. The first kappa shape index (κ1) is 16.0. The third-order valence-electron chi connectivity index (χ3n) is 3.84. The summed E-state index contributed by atoms with van der Waals surface area (Å²) >= 11 is 0. The van der Waals surface area contributed by atoms with Gasteiger partial charge in [-0.2, -0.15) is 0 Å². The highest BCUT2D eigenvalue weighted by Crippen LogP contribution is 2.27. The Hall–Kier alpha value is -1.39. The maximum Gasteiger partial charge on any atom is 0.254 e. The fourth-order valence-electron chi connectivity index (χ4n) is 2.84. The number of morpholine rings is 1. The van der Waals surface area contributed by atoms with E-state index < -0.39 is 0 Å². The van der Waals surface area contributed by atoms with E-state index in [1.165, 1.54) is 0 Å². The molecule has 0 radical (unpaired) electrons. The lowest BCUT2D eigenvalue weighted by atomic mass is 9.83. The van der Waals surface area contributed by atoms with Crippen LogP contribution in [0.15, 0.2) is 24.3 Å². The fourth-order valence-corrected chi connectivity index (χ4v) is 2.84. The molecule has 0 aromatic heterocycles. The number of carbonyl (C=O) groups is 1. The number of hydrogen-bond donors (Lipinski definition) is 1. The van der Waals surface area contributed by atoms with Gasteiger partial charge in [-0.05, 0) is 24.0 Å². The molecule has 2 N–H and O–H groups in total. The largest absolute Gasteiger partial charge is 0.370 e. The van der Waals surface area contributed by atoms with Crippen LogP contribution in [0.4, 0.5) is 0 Å². The molecule has 1 fully saturated rings. The maximum absolute atomic E-state index is 12.9. The summed E-state index contributed by atoms with van der Waals surface area (Å²) in [6.07, 6.45) is -0.0439. The average Bonchev–Trinajstić information content (AvgIpc) is 2.45. The quantitative estimate of drug-likeness (QED) is 0.908. The first-order chi connectivity index (χ1) is 9.82. The number of rotatable bonds is 2. The number of nitrogens with zero attached hydrogens (tertiary/aromatic N) is 1. The molecule has 2 rings (SSSR count). The topological polar surface area (TPSA) is 55.6 Å². The summed E-state index contributed by atoms with van der Waals surface area (Å²) < 4.78 is 5.73. The monoisotopic (exact) mass is 290 g/mol. The van der Waals surface area contributed by atoms with Gasteiger partial charge in [0.1, 0.15) is 0 Å². The molecule has 0 aliphatic carbocycles. The van der Waals surface area contributed by atoms with Crippen LogP contribution in [-0.2, 0) is 10.2 Å². The molecule has 1 aromatic rings. The Kier molecular flexibility index (Phi) is 4.69. The lowest BCUT2D eigenvalue weighted by Gasteiger charge is -2.37. The van der Waals surface area contributed by atoms with Crippen LogP contribution in [0.2, 0.25) is 0 Å². The van der Waals surface area contributed by atoms with E-state index in [-0.39, 0.29) is 23.5 Å². The Morgan fingerprint density at radius 1 is 1.33 bits per heavy atom. The van der Waals surface area contributed by atoms with E-state index in [0.29, 0.717) is 19.6 Å². The molecular formula is C17H26N2O2. The van der Waals surface area contributed by atoms with Gasteiger partial charge in [0.15, 0.2) is 0 Å². The summed E-state index contributed by atoms with van der Waals surface area (Å²) in [4.78, 5) is 14.8. The third-order valence-corrected chi connectivity index (χ3v) is 3.84. The Labute approximate surface area is 127 Å². The van der Waals surface area contributed by atoms with Gasteiger partial charge in [-0.15, -0.1) is 0 Å². The smallest absolute Gasteiger partial charge is 0.254 e. The minimum atomic E-state index is -0.0699. The zero-order valence-corrected chi connectivity index (χ0v) is 13.4. The Morgan fingerprint density at radius 2 is 2.00 bits per heavy atom. The molecule has 0 bridgehead atoms. The van der Waals surface area contributed by atoms with Gasteiger partial charge in [0.05, 0.1) is 12.2 Å². The zero-order chi connectivity index (χ0) is 15.6. The van der Waals surface area contributed by atoms with Crippen LogP contribution in [0.3, 0.4) is 0 Å². The van der Waals surface area contributed by atoms with Gasteiger partial charge in [-0.3, -0.25) is 4.79 Å². The molecule has 21 heavy (non-hydrogen) atoms. The van der Waals surface area contributed by atoms with Crippen LogP contribution in [0.1, 0.15) is 43.6 Å². The van der Waals surface area contributed by atoms with Gasteiger partial charge in [0.2, 0.25) is 0 Å². The predicted molar refractivity (Wildman–Crippen MR) is 84.4 cm³/mol. The molecule has 1 saturated heterocycles. The number of benzene rings is 1. The van der Waals surface area contributed by atoms with Crippen molar-refractivity contribution in [3.05, 3.63) is 35.4 Å². The minimum Gasteiger partial charge on any atom is -0.370 e. The molecule has 0 spiro atoms. The summed E-state index contributed by atoms with van der Waals surface area (Å²) in [5, 5.41) is 0. The fraction of sp³-hybridized carbons (Fsp3) is 0.588. The van der Waals surface area contributed by atoms with Crippen molar-refractivity contribution in [1.82, 2.24) is 4.90 Å². The number of ether oxygens (including phenoxy) is 1. The van der Waals surface area contributed by atoms with Crippen molar-refractivity contribution in [1.29, 1.82) is 0 Å². The Balaban J connectivity index is 2.28. The maximum atomic E-state index is 12.9. The molecule has 2 unspecified atom stereocenters. The van der Waals surface area contributed by atoms with Crippen LogP contribution < -0.4 is 5.73 Å². The van der Waals surface area contributed by atoms with Crippen molar-refractivity contribution in [2.45, 2.75) is 45.3 Å². The highest BCUT2D eigenvalue weighted by molar-refractivity contribution is 5.96. The van der Waals surface area contributed by atoms with Crippen molar-refractivity contribution >= 4 is 5.91 Å². The summed E-state index contributed by atoms with van der Waals surface area (Å²) in [7, 11) is 0. The number of carbonyl (C=O) groups excluding carboxylic acids is 1. The summed E-state index contributed by atoms with van der Waals surface area (Å²) in [6, 6.07) is 7.87. The second-order valence-electron chi connectivity index (χ2n) is 6.81. The summed E-state index contributed by atoms with van der Waals surface area (Å²) in [5.41, 5.74) is 7.51. The highest BCUT2D eigenvalue weighted by Gasteiger charge is 2.30.